The van der Waals surface area contributed by atoms with Gasteiger partial charge in [0.1, 0.15) is 0 Å². The second-order valence-electron chi connectivity index (χ2n) is 1.57. The fourth-order valence-corrected chi connectivity index (χ4v) is 0.763. The van der Waals surface area contributed by atoms with E-state index in [1.165, 1.54) is 6.42 Å². The van der Waals surface area contributed by atoms with Gasteiger partial charge in [-0.1, -0.05) is 24.6 Å². The lowest BCUT2D eigenvalue weighted by molar-refractivity contribution is 0.857. The highest BCUT2D eigenvalue weighted by atomic mass is 35.5. The molecule has 0 saturated heterocycles. The second kappa shape index (κ2) is 1.27. The lowest BCUT2D eigenvalue weighted by atomic mass is 10.3. The smallest absolute Gasteiger partial charge is 0.0216 e. The van der Waals surface area contributed by atoms with Gasteiger partial charge in [0.05, 0.1) is 0 Å². The predicted molar refractivity (Wildman–Crippen MR) is 27.7 cm³/mol. The Bertz CT molecular complexity index is 83.9. The summed E-state index contributed by atoms with van der Waals surface area (Å²) in [7, 11) is 0. The van der Waals surface area contributed by atoms with Crippen LogP contribution in [0.5, 0.6) is 0 Å². The van der Waals surface area contributed by atoms with Crippen molar-refractivity contribution in [2.45, 2.75) is 13.3 Å². The molecule has 0 bridgehead atoms. The van der Waals surface area contributed by atoms with Crippen LogP contribution in [0.2, 0.25) is 0 Å². The van der Waals surface area contributed by atoms with E-state index in [1.54, 1.807) is 0 Å². The Balaban J connectivity index is 2.18. The first kappa shape index (κ1) is 4.20. The average molecular weight is 103 g/mol. The summed E-state index contributed by atoms with van der Waals surface area (Å²) in [5.74, 6) is 0.659. The number of hydrogen-bond acceptors (Lipinski definition) is 0. The van der Waals surface area contributed by atoms with E-state index in [4.69, 9.17) is 11.6 Å². The summed E-state index contributed by atoms with van der Waals surface area (Å²) in [5, 5.41) is 1.05. The summed E-state index contributed by atoms with van der Waals surface area (Å²) in [6.45, 7) is 2.14. The Hall–Kier alpha value is 0.0300. The molecule has 0 saturated carbocycles. The molecule has 1 unspecified atom stereocenters. The van der Waals surface area contributed by atoms with Crippen LogP contribution < -0.4 is 0 Å². The third-order valence-electron chi connectivity index (χ3n) is 1.05. The largest absolute Gasteiger partial charge is 0.0888 e. The van der Waals surface area contributed by atoms with E-state index >= 15 is 0 Å². The molecule has 0 N–H and O–H groups in total. The van der Waals surface area contributed by atoms with Gasteiger partial charge in [-0.05, 0) is 6.42 Å². The van der Waals surface area contributed by atoms with Crippen molar-refractivity contribution in [2.75, 3.05) is 0 Å². The predicted octanol–water partition coefficient (Wildman–Crippen LogP) is 2.15. The second-order valence-corrected chi connectivity index (χ2v) is 2.00. The highest BCUT2D eigenvalue weighted by Gasteiger charge is 2.18. The first-order valence-corrected chi connectivity index (χ1v) is 2.59. The summed E-state index contributed by atoms with van der Waals surface area (Å²) in [6, 6.07) is 0. The lowest BCUT2D eigenvalue weighted by Gasteiger charge is -1.79. The fourth-order valence-electron chi connectivity index (χ4n) is 0.457. The van der Waals surface area contributed by atoms with E-state index < -0.39 is 0 Å². The first-order chi connectivity index (χ1) is 2.84. The van der Waals surface area contributed by atoms with Crippen LogP contribution in [0.25, 0.3) is 0 Å². The quantitative estimate of drug-likeness (QED) is 0.476. The zero-order chi connectivity index (χ0) is 4.57. The van der Waals surface area contributed by atoms with Crippen LogP contribution in [0.15, 0.2) is 11.1 Å². The molecule has 1 rings (SSSR count). The van der Waals surface area contributed by atoms with E-state index in [-0.39, 0.29) is 0 Å². The highest BCUT2D eigenvalue weighted by Crippen LogP contribution is 2.34. The molecule has 0 amide bonds. The molecule has 6 heavy (non-hydrogen) atoms. The van der Waals surface area contributed by atoms with Crippen LogP contribution in [0.1, 0.15) is 13.3 Å². The molecule has 0 aromatic heterocycles. The molecular formula is C5H7Cl. The molecule has 1 aliphatic rings. The minimum absolute atomic E-state index is 0.659. The van der Waals surface area contributed by atoms with Gasteiger partial charge in [-0.15, -0.1) is 0 Å². The summed E-state index contributed by atoms with van der Waals surface area (Å²) >= 11 is 5.51. The van der Waals surface area contributed by atoms with Crippen molar-refractivity contribution >= 4 is 11.6 Å². The van der Waals surface area contributed by atoms with Crippen molar-refractivity contribution in [1.82, 2.24) is 0 Å². The number of hydrogen-bond donors (Lipinski definition) is 0. The lowest BCUT2D eigenvalue weighted by Crippen LogP contribution is -1.67. The van der Waals surface area contributed by atoms with Crippen molar-refractivity contribution in [1.29, 1.82) is 0 Å². The Kier molecular flexibility index (Phi) is 0.886. The molecule has 0 aromatic rings. The van der Waals surface area contributed by atoms with Crippen molar-refractivity contribution in [3.05, 3.63) is 11.1 Å². The maximum Gasteiger partial charge on any atom is 0.0216 e. The zero-order valence-electron chi connectivity index (χ0n) is 3.74. The van der Waals surface area contributed by atoms with Crippen LogP contribution in [0, 0.1) is 5.92 Å². The summed E-state index contributed by atoms with van der Waals surface area (Å²) in [4.78, 5) is 0. The van der Waals surface area contributed by atoms with E-state index in [2.05, 4.69) is 13.0 Å². The van der Waals surface area contributed by atoms with Gasteiger partial charge in [0, 0.05) is 11.0 Å². The molecule has 0 nitrogen and oxygen atoms in total. The minimum Gasteiger partial charge on any atom is -0.0888 e. The van der Waals surface area contributed by atoms with Gasteiger partial charge < -0.3 is 0 Å². The molecule has 0 spiro atoms. The van der Waals surface area contributed by atoms with Gasteiger partial charge in [0.15, 0.2) is 0 Å². The maximum atomic E-state index is 5.51. The van der Waals surface area contributed by atoms with Crippen LogP contribution in [0.4, 0.5) is 0 Å². The van der Waals surface area contributed by atoms with Crippen molar-refractivity contribution in [2.24, 2.45) is 5.92 Å². The number of halogens is 1. The van der Waals surface area contributed by atoms with Gasteiger partial charge in [0.2, 0.25) is 0 Å². The maximum absolute atomic E-state index is 5.51. The van der Waals surface area contributed by atoms with E-state index in [1.807, 2.05) is 0 Å². The minimum atomic E-state index is 0.659. The molecule has 0 aromatic carbocycles. The SMILES string of the molecule is CCC1C=C1Cl. The van der Waals surface area contributed by atoms with Crippen LogP contribution >= 0.6 is 11.6 Å². The normalized spacial score (nSPS) is 29.7. The molecule has 34 valence electrons. The number of allylic oxidation sites excluding steroid dienone is 2. The van der Waals surface area contributed by atoms with Crippen molar-refractivity contribution in [3.63, 3.8) is 0 Å². The number of rotatable bonds is 1. The van der Waals surface area contributed by atoms with Gasteiger partial charge in [-0.3, -0.25) is 0 Å². The third kappa shape index (κ3) is 0.574. The monoisotopic (exact) mass is 102 g/mol. The van der Waals surface area contributed by atoms with Gasteiger partial charge in [0.25, 0.3) is 0 Å². The molecule has 0 radical (unpaired) electrons. The topological polar surface area (TPSA) is 0 Å². The molecule has 1 atom stereocenters. The van der Waals surface area contributed by atoms with Crippen molar-refractivity contribution < 1.29 is 0 Å². The van der Waals surface area contributed by atoms with Gasteiger partial charge >= 0.3 is 0 Å². The Morgan fingerprint density at radius 3 is 2.50 bits per heavy atom. The van der Waals surface area contributed by atoms with Crippen LogP contribution in [0.3, 0.4) is 0 Å². The standard InChI is InChI=1S/C5H7Cl/c1-2-4-3-5(4)6/h3-4H,2H2,1H3. The zero-order valence-corrected chi connectivity index (χ0v) is 4.50. The van der Waals surface area contributed by atoms with Gasteiger partial charge in [-0.2, -0.15) is 0 Å². The Morgan fingerprint density at radius 2 is 2.50 bits per heavy atom. The Morgan fingerprint density at radius 1 is 2.00 bits per heavy atom. The third-order valence-corrected chi connectivity index (χ3v) is 1.45. The molecule has 0 fully saturated rings. The Labute approximate surface area is 42.8 Å². The van der Waals surface area contributed by atoms with Crippen LogP contribution in [-0.2, 0) is 0 Å². The van der Waals surface area contributed by atoms with E-state index in [0.29, 0.717) is 5.92 Å². The summed E-state index contributed by atoms with van der Waals surface area (Å²) < 4.78 is 0. The van der Waals surface area contributed by atoms with Gasteiger partial charge in [-0.25, -0.2) is 0 Å². The molecule has 0 heterocycles. The summed E-state index contributed by atoms with van der Waals surface area (Å²) in [6.07, 6.45) is 3.25. The van der Waals surface area contributed by atoms with Crippen molar-refractivity contribution in [3.8, 4) is 0 Å². The fraction of sp³-hybridized carbons (Fsp3) is 0.600. The summed E-state index contributed by atoms with van der Waals surface area (Å²) in [5.41, 5.74) is 0. The molecular weight excluding hydrogens is 95.5 g/mol. The molecule has 0 aliphatic heterocycles. The first-order valence-electron chi connectivity index (χ1n) is 2.22. The average Bonchev–Trinajstić information content (AvgIpc) is 2.19. The highest BCUT2D eigenvalue weighted by molar-refractivity contribution is 6.32. The van der Waals surface area contributed by atoms with E-state index in [9.17, 15) is 0 Å². The molecule has 1 aliphatic carbocycles. The molecule has 1 heteroatoms. The van der Waals surface area contributed by atoms with E-state index in [0.717, 1.165) is 5.03 Å². The van der Waals surface area contributed by atoms with Crippen LogP contribution in [-0.4, -0.2) is 0 Å².